The molecular weight excluding hydrogens is 550 g/mol. The standard InChI is InChI=1S/C34H37NO8/c1-3-23(2)43-34(39)42-22-41-33(38)30-20-28(18-27-15-14-26(19-29(27)30)25-12-8-5-9-13-25)35-31(36)16-17-32(37)40-21-24-10-6-4-7-11-24/h4-15,19,23,28,30H,3,16-18,20-22H2,1-2H3,(H,35,36). The molecule has 1 N–H and O–H groups in total. The number of ether oxygens (including phenoxy) is 4. The molecule has 1 aliphatic carbocycles. The zero-order valence-electron chi connectivity index (χ0n) is 24.5. The molecule has 9 nitrogen and oxygen atoms in total. The van der Waals surface area contributed by atoms with E-state index in [1.807, 2.05) is 85.8 Å². The smallest absolute Gasteiger partial charge is 0.461 e. The van der Waals surface area contributed by atoms with Gasteiger partial charge in [-0.15, -0.1) is 0 Å². The van der Waals surface area contributed by atoms with E-state index in [1.165, 1.54) is 0 Å². The lowest BCUT2D eigenvalue weighted by molar-refractivity contribution is -0.156. The molecule has 3 atom stereocenters. The van der Waals surface area contributed by atoms with Crippen molar-refractivity contribution in [2.75, 3.05) is 6.79 Å². The van der Waals surface area contributed by atoms with Gasteiger partial charge in [0.15, 0.2) is 0 Å². The van der Waals surface area contributed by atoms with E-state index < -0.39 is 30.8 Å². The van der Waals surface area contributed by atoms with Gasteiger partial charge in [0, 0.05) is 12.5 Å². The van der Waals surface area contributed by atoms with Crippen LogP contribution in [0.4, 0.5) is 4.79 Å². The van der Waals surface area contributed by atoms with Crippen LogP contribution in [0.25, 0.3) is 11.1 Å². The van der Waals surface area contributed by atoms with Crippen molar-refractivity contribution < 1.29 is 38.1 Å². The van der Waals surface area contributed by atoms with Crippen molar-refractivity contribution in [1.29, 1.82) is 0 Å². The van der Waals surface area contributed by atoms with Crippen LogP contribution in [0.5, 0.6) is 0 Å². The number of esters is 2. The molecular formula is C34H37NO8. The summed E-state index contributed by atoms with van der Waals surface area (Å²) in [5.41, 5.74) is 4.51. The van der Waals surface area contributed by atoms with Crippen LogP contribution < -0.4 is 5.32 Å². The molecule has 0 aliphatic heterocycles. The molecule has 3 unspecified atom stereocenters. The van der Waals surface area contributed by atoms with Crippen LogP contribution in [0.2, 0.25) is 0 Å². The lowest BCUT2D eigenvalue weighted by atomic mass is 9.79. The Morgan fingerprint density at radius 2 is 1.58 bits per heavy atom. The molecule has 0 saturated carbocycles. The average molecular weight is 588 g/mol. The first-order valence-electron chi connectivity index (χ1n) is 14.5. The summed E-state index contributed by atoms with van der Waals surface area (Å²) in [6, 6.07) is 24.7. The van der Waals surface area contributed by atoms with E-state index in [0.717, 1.165) is 27.8 Å². The van der Waals surface area contributed by atoms with E-state index in [9.17, 15) is 19.2 Å². The molecule has 0 fully saturated rings. The van der Waals surface area contributed by atoms with Crippen molar-refractivity contribution >= 4 is 24.0 Å². The average Bonchev–Trinajstić information content (AvgIpc) is 3.03. The fourth-order valence-corrected chi connectivity index (χ4v) is 4.85. The highest BCUT2D eigenvalue weighted by Crippen LogP contribution is 2.36. The molecule has 4 rings (SSSR count). The summed E-state index contributed by atoms with van der Waals surface area (Å²) in [6.45, 7) is 3.17. The maximum absolute atomic E-state index is 13.3. The summed E-state index contributed by atoms with van der Waals surface area (Å²) in [5, 5.41) is 2.96. The van der Waals surface area contributed by atoms with Gasteiger partial charge in [0.05, 0.1) is 12.3 Å². The van der Waals surface area contributed by atoms with Gasteiger partial charge in [0.25, 0.3) is 0 Å². The normalized spacial score (nSPS) is 16.2. The van der Waals surface area contributed by atoms with E-state index in [0.29, 0.717) is 12.8 Å². The Morgan fingerprint density at radius 1 is 0.860 bits per heavy atom. The predicted molar refractivity (Wildman–Crippen MR) is 159 cm³/mol. The first-order chi connectivity index (χ1) is 20.8. The highest BCUT2D eigenvalue weighted by Gasteiger charge is 2.34. The SMILES string of the molecule is CCC(C)OC(=O)OCOC(=O)C1CC(NC(=O)CCC(=O)OCc2ccccc2)Cc2ccc(-c3ccccc3)cc21. The Balaban J connectivity index is 1.38. The molecule has 0 saturated heterocycles. The van der Waals surface area contributed by atoms with Crippen LogP contribution in [0.1, 0.15) is 62.1 Å². The number of hydrogen-bond donors (Lipinski definition) is 1. The lowest BCUT2D eigenvalue weighted by Crippen LogP contribution is -2.41. The van der Waals surface area contributed by atoms with Crippen LogP contribution in [-0.4, -0.2) is 42.9 Å². The monoisotopic (exact) mass is 587 g/mol. The van der Waals surface area contributed by atoms with Crippen LogP contribution in [0.15, 0.2) is 78.9 Å². The van der Waals surface area contributed by atoms with Crippen molar-refractivity contribution in [3.05, 3.63) is 95.6 Å². The van der Waals surface area contributed by atoms with Gasteiger partial charge in [-0.2, -0.15) is 0 Å². The van der Waals surface area contributed by atoms with Gasteiger partial charge in [0.1, 0.15) is 12.7 Å². The fourth-order valence-electron chi connectivity index (χ4n) is 4.85. The topological polar surface area (TPSA) is 117 Å². The number of hydrogen-bond acceptors (Lipinski definition) is 8. The van der Waals surface area contributed by atoms with Gasteiger partial charge in [-0.25, -0.2) is 4.79 Å². The van der Waals surface area contributed by atoms with Crippen LogP contribution in [0.3, 0.4) is 0 Å². The van der Waals surface area contributed by atoms with E-state index >= 15 is 0 Å². The van der Waals surface area contributed by atoms with Crippen LogP contribution in [-0.2, 0) is 46.4 Å². The summed E-state index contributed by atoms with van der Waals surface area (Å²) in [6.07, 6.45) is 0.0922. The zero-order valence-corrected chi connectivity index (χ0v) is 24.5. The minimum Gasteiger partial charge on any atom is -0.461 e. The van der Waals surface area contributed by atoms with E-state index in [4.69, 9.17) is 18.9 Å². The summed E-state index contributed by atoms with van der Waals surface area (Å²) in [4.78, 5) is 50.1. The van der Waals surface area contributed by atoms with E-state index in [1.54, 1.807) is 6.92 Å². The van der Waals surface area contributed by atoms with Crippen molar-refractivity contribution in [2.24, 2.45) is 0 Å². The highest BCUT2D eigenvalue weighted by molar-refractivity contribution is 5.83. The quantitative estimate of drug-likeness (QED) is 0.159. The van der Waals surface area contributed by atoms with Gasteiger partial charge in [-0.05, 0) is 54.0 Å². The number of carbonyl (C=O) groups is 4. The minimum absolute atomic E-state index is 0.0365. The van der Waals surface area contributed by atoms with Crippen molar-refractivity contribution in [2.45, 2.75) is 70.6 Å². The van der Waals surface area contributed by atoms with Gasteiger partial charge in [-0.1, -0.05) is 85.8 Å². The number of fused-ring (bicyclic) bond motifs is 1. The number of carbonyl (C=O) groups excluding carboxylic acids is 4. The van der Waals surface area contributed by atoms with Gasteiger partial charge < -0.3 is 24.3 Å². The van der Waals surface area contributed by atoms with Crippen molar-refractivity contribution in [1.82, 2.24) is 5.32 Å². The van der Waals surface area contributed by atoms with Crippen molar-refractivity contribution in [3.8, 4) is 11.1 Å². The van der Waals surface area contributed by atoms with E-state index in [-0.39, 0.29) is 43.9 Å². The second-order valence-electron chi connectivity index (χ2n) is 10.5. The molecule has 3 aromatic rings. The summed E-state index contributed by atoms with van der Waals surface area (Å²) >= 11 is 0. The highest BCUT2D eigenvalue weighted by atomic mass is 16.8. The molecule has 9 heteroatoms. The third-order valence-electron chi connectivity index (χ3n) is 7.31. The number of amides is 1. The Hall–Kier alpha value is -4.66. The molecule has 0 heterocycles. The third kappa shape index (κ3) is 9.43. The Bertz CT molecular complexity index is 1390. The van der Waals surface area contributed by atoms with Crippen molar-refractivity contribution in [3.63, 3.8) is 0 Å². The minimum atomic E-state index is -0.912. The first-order valence-corrected chi connectivity index (χ1v) is 14.5. The van der Waals surface area contributed by atoms with Crippen LogP contribution in [0, 0.1) is 0 Å². The maximum Gasteiger partial charge on any atom is 0.511 e. The fraction of sp³-hybridized carbons (Fsp3) is 0.353. The molecule has 1 aliphatic rings. The third-order valence-corrected chi connectivity index (χ3v) is 7.31. The summed E-state index contributed by atoms with van der Waals surface area (Å²) in [5.74, 6) is -2.06. The second-order valence-corrected chi connectivity index (χ2v) is 10.5. The first kappa shape index (κ1) is 31.3. The second kappa shape index (κ2) is 15.5. The lowest BCUT2D eigenvalue weighted by Gasteiger charge is -2.31. The maximum atomic E-state index is 13.3. The molecule has 0 bridgehead atoms. The molecule has 43 heavy (non-hydrogen) atoms. The van der Waals surface area contributed by atoms with Gasteiger partial charge >= 0.3 is 18.1 Å². The molecule has 0 spiro atoms. The summed E-state index contributed by atoms with van der Waals surface area (Å²) < 4.78 is 20.6. The molecule has 1 amide bonds. The molecule has 0 radical (unpaired) electrons. The largest absolute Gasteiger partial charge is 0.511 e. The molecule has 226 valence electrons. The Kier molecular flexibility index (Phi) is 11.3. The van der Waals surface area contributed by atoms with E-state index in [2.05, 4.69) is 5.32 Å². The zero-order chi connectivity index (χ0) is 30.6. The molecule has 3 aromatic carbocycles. The Labute approximate surface area is 251 Å². The number of benzene rings is 3. The molecule has 0 aromatic heterocycles. The number of rotatable bonds is 12. The number of nitrogens with one attached hydrogen (secondary N) is 1. The van der Waals surface area contributed by atoms with Crippen LogP contribution >= 0.6 is 0 Å². The predicted octanol–water partition coefficient (Wildman–Crippen LogP) is 5.84. The van der Waals surface area contributed by atoms with Gasteiger partial charge in [0.2, 0.25) is 12.7 Å². The Morgan fingerprint density at radius 3 is 2.30 bits per heavy atom. The summed E-state index contributed by atoms with van der Waals surface area (Å²) in [7, 11) is 0. The van der Waals surface area contributed by atoms with Gasteiger partial charge in [-0.3, -0.25) is 14.4 Å².